The van der Waals surface area contributed by atoms with Gasteiger partial charge in [-0.1, -0.05) is 6.92 Å². The molecule has 0 saturated heterocycles. The van der Waals surface area contributed by atoms with E-state index in [-0.39, 0.29) is 195 Å². The summed E-state index contributed by atoms with van der Waals surface area (Å²) in [5.74, 6) is 0. The molecule has 79 valence electrons. The van der Waals surface area contributed by atoms with Crippen LogP contribution in [0.25, 0.3) is 6.15 Å². The van der Waals surface area contributed by atoms with Crippen molar-refractivity contribution in [2.75, 3.05) is 0 Å². The molecule has 9 radical (unpaired) electrons. The molecule has 1 nitrogen and oxygen atoms in total. The van der Waals surface area contributed by atoms with Crippen molar-refractivity contribution in [2.45, 2.75) is 13.3 Å². The largest absolute Gasteiger partial charge is 0.693 e. The summed E-state index contributed by atoms with van der Waals surface area (Å²) in [7, 11) is 0. The molecule has 0 rings (SSSR count). The molecule has 0 aliphatic rings. The fourth-order valence-corrected chi connectivity index (χ4v) is 0. The van der Waals surface area contributed by atoms with Crippen LogP contribution in [0.1, 0.15) is 13.3 Å². The van der Waals surface area contributed by atoms with Crippen molar-refractivity contribution in [1.82, 2.24) is 0 Å². The third kappa shape index (κ3) is 151. The Bertz CT molecular complexity index is 21.3. The van der Waals surface area contributed by atoms with Gasteiger partial charge < -0.3 is 20.5 Å². The summed E-state index contributed by atoms with van der Waals surface area (Å²) in [5.41, 5.74) is 0. The van der Waals surface area contributed by atoms with E-state index < -0.39 is 0 Å². The summed E-state index contributed by atoms with van der Waals surface area (Å²) in [5, 5.41) is 0. The Morgan fingerprint density at radius 3 is 0.714 bits per heavy atom. The van der Waals surface area contributed by atoms with Gasteiger partial charge in [-0.15, -0.1) is 0 Å². The molecule has 14 heavy (non-hydrogen) atoms. The third-order valence-electron chi connectivity index (χ3n) is 0. The van der Waals surface area contributed by atoms with Crippen molar-refractivity contribution in [3.05, 3.63) is 20.5 Å². The molecule has 0 fully saturated rings. The van der Waals surface area contributed by atoms with Gasteiger partial charge in [0.25, 0.3) is 0 Å². The van der Waals surface area contributed by atoms with Crippen LogP contribution in [0.2, 0.25) is 0 Å². The van der Waals surface area contributed by atoms with E-state index in [0.29, 0.717) is 0 Å². The molecule has 0 aliphatic carbocycles. The van der Waals surface area contributed by atoms with E-state index in [1.165, 1.54) is 0 Å². The first kappa shape index (κ1) is 116. The predicted octanol–water partition coefficient (Wildman–Crippen LogP) is 2.38. The maximum Gasteiger partial charge on any atom is 0 e. The molecule has 0 aromatic rings. The fraction of sp³-hybridized carbons (Fsp3) is 0.500. The van der Waals surface area contributed by atoms with Gasteiger partial charge >= 0.3 is 0 Å². The van der Waals surface area contributed by atoms with Gasteiger partial charge in [0.15, 0.2) is 0 Å². The molecular formula is C4H12NV8Y-3. The van der Waals surface area contributed by atoms with Crippen LogP contribution in [0.3, 0.4) is 0 Å². The number of rotatable bonds is 0. The van der Waals surface area contributed by atoms with Gasteiger partial charge in [0.1, 0.15) is 0 Å². The van der Waals surface area contributed by atoms with E-state index in [0.717, 1.165) is 6.42 Å². The Kier molecular flexibility index (Phi) is 1070. The standard InChI is InChI=1S/C3H7.CH3.H2N.8V.Y/c1-3-2;;;;;;;;;;;/h1,3H2,2H3;1H3;1H2;;;;;;;;;/q3*-1;;;;;;;;;. The topological polar surface area (TPSA) is 33.5 Å². The van der Waals surface area contributed by atoms with Gasteiger partial charge in [-0.3, -0.25) is 0 Å². The monoisotopic (exact) mass is 571 g/mol. The minimum Gasteiger partial charge on any atom is -0.693 e. The zero-order valence-corrected chi connectivity index (χ0v) is 22.2. The van der Waals surface area contributed by atoms with Gasteiger partial charge in [-0.2, -0.15) is 6.42 Å². The van der Waals surface area contributed by atoms with Gasteiger partial charge in [0.05, 0.1) is 0 Å². The minimum atomic E-state index is 0. The maximum atomic E-state index is 3.49. The Morgan fingerprint density at radius 2 is 0.714 bits per heavy atom. The Hall–Kier alpha value is 5.74. The predicted molar refractivity (Wildman–Crippen MR) is 27.3 cm³/mol. The molecule has 0 saturated carbocycles. The number of hydrogen-bond acceptors (Lipinski definition) is 0. The van der Waals surface area contributed by atoms with E-state index in [1.807, 2.05) is 6.92 Å². The van der Waals surface area contributed by atoms with Crippen molar-refractivity contribution in [3.8, 4) is 0 Å². The summed E-state index contributed by atoms with van der Waals surface area (Å²) in [6.45, 7) is 5.50. The zero-order chi connectivity index (χ0) is 2.71. The van der Waals surface area contributed by atoms with E-state index in [9.17, 15) is 0 Å². The van der Waals surface area contributed by atoms with Gasteiger partial charge in [0.2, 0.25) is 0 Å². The van der Waals surface area contributed by atoms with Crippen molar-refractivity contribution in [2.24, 2.45) is 0 Å². The number of nitrogens with two attached hydrogens (primary N) is 1. The quantitative estimate of drug-likeness (QED) is 0.401. The molecule has 0 aromatic carbocycles. The first-order valence-electron chi connectivity index (χ1n) is 1.21. The summed E-state index contributed by atoms with van der Waals surface area (Å²) in [6, 6.07) is 0. The number of hydrogen-bond donors (Lipinski definition) is 0. The van der Waals surface area contributed by atoms with Crippen molar-refractivity contribution >= 4 is 0 Å². The summed E-state index contributed by atoms with van der Waals surface area (Å²) in [4.78, 5) is 0. The average molecular weight is 571 g/mol. The molecule has 2 N–H and O–H groups in total. The van der Waals surface area contributed by atoms with Crippen molar-refractivity contribution in [1.29, 1.82) is 0 Å². The molecule has 0 atom stereocenters. The van der Waals surface area contributed by atoms with Crippen LogP contribution in [0.5, 0.6) is 0 Å². The van der Waals surface area contributed by atoms with Crippen LogP contribution in [0, 0.1) is 14.4 Å². The molecule has 0 heterocycles. The molecule has 0 spiro atoms. The van der Waals surface area contributed by atoms with Crippen LogP contribution in [-0.2, 0) is 181 Å². The van der Waals surface area contributed by atoms with Gasteiger partial charge in [-0.25, -0.2) is 0 Å². The van der Waals surface area contributed by atoms with Crippen LogP contribution in [0.15, 0.2) is 0 Å². The first-order valence-corrected chi connectivity index (χ1v) is 1.21. The van der Waals surface area contributed by atoms with Crippen LogP contribution in [0.4, 0.5) is 0 Å². The Balaban J connectivity index is -0.000000000364. The molecular weight excluding hydrogens is 559 g/mol. The molecule has 0 amide bonds. The molecule has 0 aliphatic heterocycles. The summed E-state index contributed by atoms with van der Waals surface area (Å²) < 4.78 is 0. The van der Waals surface area contributed by atoms with Gasteiger partial charge in [-0.05, 0) is 0 Å². The third-order valence-corrected chi connectivity index (χ3v) is 0. The van der Waals surface area contributed by atoms with Crippen molar-refractivity contribution in [3.63, 3.8) is 0 Å². The van der Waals surface area contributed by atoms with E-state index in [4.69, 9.17) is 0 Å². The normalized spacial score (nSPS) is 1.29. The molecule has 0 bridgehead atoms. The smallest absolute Gasteiger partial charge is 0 e. The summed E-state index contributed by atoms with van der Waals surface area (Å²) in [6.07, 6.45) is 1.00. The zero-order valence-electron chi connectivity index (χ0n) is 8.15. The molecule has 0 aromatic heterocycles. The second kappa shape index (κ2) is 130. The van der Waals surface area contributed by atoms with E-state index in [1.54, 1.807) is 0 Å². The Labute approximate surface area is 210 Å². The van der Waals surface area contributed by atoms with Crippen LogP contribution in [-0.4, -0.2) is 0 Å². The maximum absolute atomic E-state index is 3.49. The van der Waals surface area contributed by atoms with Crippen LogP contribution < -0.4 is 0 Å². The molecule has 10 heteroatoms. The van der Waals surface area contributed by atoms with E-state index >= 15 is 0 Å². The fourth-order valence-electron chi connectivity index (χ4n) is 0. The average Bonchev–Trinajstić information content (AvgIpc) is 0.918. The van der Waals surface area contributed by atoms with Crippen molar-refractivity contribution < 1.29 is 181 Å². The minimum absolute atomic E-state index is 0. The second-order valence-electron chi connectivity index (χ2n) is 0.500. The van der Waals surface area contributed by atoms with Crippen LogP contribution >= 0.6 is 0 Å². The first-order chi connectivity index (χ1) is 1.41. The van der Waals surface area contributed by atoms with E-state index in [2.05, 4.69) is 6.92 Å². The Morgan fingerprint density at radius 1 is 0.714 bits per heavy atom. The summed E-state index contributed by atoms with van der Waals surface area (Å²) >= 11 is 0. The second-order valence-corrected chi connectivity index (χ2v) is 0.500. The molecule has 0 unspecified atom stereocenters. The van der Waals surface area contributed by atoms with Gasteiger partial charge in [0, 0.05) is 181 Å². The SMILES string of the molecule is [CH2-]CC.[CH3-].[NH2-].[V].[V].[V].[V].[V].[V].[V].[V].[Y].